The van der Waals surface area contributed by atoms with Crippen LogP contribution in [0.15, 0.2) is 28.7 Å². The van der Waals surface area contributed by atoms with Crippen LogP contribution in [0.1, 0.15) is 11.7 Å². The van der Waals surface area contributed by atoms with Gasteiger partial charge in [-0.05, 0) is 6.07 Å². The summed E-state index contributed by atoms with van der Waals surface area (Å²) in [6.45, 7) is 0.437. The Labute approximate surface area is 105 Å². The van der Waals surface area contributed by atoms with Crippen LogP contribution in [0, 0.1) is 0 Å². The molecule has 2 rings (SSSR count). The third-order valence-electron chi connectivity index (χ3n) is 2.34. The highest BCUT2D eigenvalue weighted by molar-refractivity contribution is 9.10. The molecular formula is C11H10BrF3O2. The first-order valence-corrected chi connectivity index (χ1v) is 5.82. The fraction of sp³-hybridized carbons (Fsp3) is 0.455. The van der Waals surface area contributed by atoms with Crippen molar-refractivity contribution in [1.29, 1.82) is 0 Å². The lowest BCUT2D eigenvalue weighted by Gasteiger charge is -2.21. The molecule has 6 heteroatoms. The smallest absolute Gasteiger partial charge is 0.371 e. The van der Waals surface area contributed by atoms with Crippen molar-refractivity contribution in [2.45, 2.75) is 18.4 Å². The lowest BCUT2D eigenvalue weighted by Crippen LogP contribution is -2.25. The van der Waals surface area contributed by atoms with Crippen molar-refractivity contribution in [3.05, 3.63) is 34.3 Å². The summed E-state index contributed by atoms with van der Waals surface area (Å²) in [5.41, 5.74) is 0.0839. The van der Waals surface area contributed by atoms with Gasteiger partial charge in [0.15, 0.2) is 6.10 Å². The molecule has 94 valence electrons. The summed E-state index contributed by atoms with van der Waals surface area (Å²) in [4.78, 5) is 0. The SMILES string of the molecule is FC(F)(F)[C@H](OC[C@H]1CO1)c1ccccc1Br. The topological polar surface area (TPSA) is 21.8 Å². The Balaban J connectivity index is 2.16. The number of hydrogen-bond acceptors (Lipinski definition) is 2. The second-order valence-corrected chi connectivity index (χ2v) is 4.59. The van der Waals surface area contributed by atoms with E-state index in [0.717, 1.165) is 0 Å². The fourth-order valence-electron chi connectivity index (χ4n) is 1.42. The van der Waals surface area contributed by atoms with Gasteiger partial charge >= 0.3 is 6.18 Å². The van der Waals surface area contributed by atoms with Crippen LogP contribution >= 0.6 is 15.9 Å². The van der Waals surface area contributed by atoms with Crippen LogP contribution in [0.25, 0.3) is 0 Å². The minimum atomic E-state index is -4.43. The van der Waals surface area contributed by atoms with Gasteiger partial charge in [0.2, 0.25) is 0 Å². The predicted molar refractivity (Wildman–Crippen MR) is 58.6 cm³/mol. The molecule has 1 aromatic rings. The number of ether oxygens (including phenoxy) is 2. The third-order valence-corrected chi connectivity index (χ3v) is 3.06. The monoisotopic (exact) mass is 310 g/mol. The molecule has 1 aromatic carbocycles. The molecule has 0 aliphatic carbocycles. The van der Waals surface area contributed by atoms with E-state index in [2.05, 4.69) is 15.9 Å². The van der Waals surface area contributed by atoms with E-state index >= 15 is 0 Å². The Morgan fingerprint density at radius 3 is 2.59 bits per heavy atom. The first kappa shape index (κ1) is 12.9. The van der Waals surface area contributed by atoms with Crippen LogP contribution in [0.2, 0.25) is 0 Å². The molecule has 0 aromatic heterocycles. The van der Waals surface area contributed by atoms with Gasteiger partial charge in [-0.3, -0.25) is 0 Å². The number of epoxide rings is 1. The molecule has 1 fully saturated rings. The molecule has 0 amide bonds. The van der Waals surface area contributed by atoms with Crippen molar-refractivity contribution in [3.8, 4) is 0 Å². The Bertz CT molecular complexity index is 391. The molecule has 0 spiro atoms. The van der Waals surface area contributed by atoms with E-state index < -0.39 is 12.3 Å². The third kappa shape index (κ3) is 3.43. The molecule has 1 aliphatic heterocycles. The highest BCUT2D eigenvalue weighted by atomic mass is 79.9. The van der Waals surface area contributed by atoms with Gasteiger partial charge in [-0.25, -0.2) is 0 Å². The first-order chi connectivity index (χ1) is 7.98. The summed E-state index contributed by atoms with van der Waals surface area (Å²) >= 11 is 3.10. The van der Waals surface area contributed by atoms with Crippen molar-refractivity contribution in [2.24, 2.45) is 0 Å². The molecule has 0 radical (unpaired) electrons. The molecule has 17 heavy (non-hydrogen) atoms. The average Bonchev–Trinajstić information content (AvgIpc) is 3.03. The van der Waals surface area contributed by atoms with Crippen molar-refractivity contribution in [3.63, 3.8) is 0 Å². The van der Waals surface area contributed by atoms with Crippen LogP contribution in [0.5, 0.6) is 0 Å². The van der Waals surface area contributed by atoms with Crippen LogP contribution < -0.4 is 0 Å². The average molecular weight is 311 g/mol. The zero-order valence-electron chi connectivity index (χ0n) is 8.71. The zero-order chi connectivity index (χ0) is 12.5. The largest absolute Gasteiger partial charge is 0.418 e. The minimum Gasteiger partial charge on any atom is -0.371 e. The van der Waals surface area contributed by atoms with Gasteiger partial charge in [-0.1, -0.05) is 34.1 Å². The van der Waals surface area contributed by atoms with E-state index in [-0.39, 0.29) is 18.3 Å². The predicted octanol–water partition coefficient (Wildman–Crippen LogP) is 3.47. The number of rotatable bonds is 4. The molecular weight excluding hydrogens is 301 g/mol. The van der Waals surface area contributed by atoms with E-state index in [1.54, 1.807) is 18.2 Å². The van der Waals surface area contributed by atoms with E-state index in [0.29, 0.717) is 11.1 Å². The molecule has 1 aliphatic rings. The lowest BCUT2D eigenvalue weighted by molar-refractivity contribution is -0.224. The highest BCUT2D eigenvalue weighted by Gasteiger charge is 2.43. The summed E-state index contributed by atoms with van der Waals surface area (Å²) in [5, 5.41) is 0. The zero-order valence-corrected chi connectivity index (χ0v) is 10.3. The second kappa shape index (κ2) is 4.96. The molecule has 0 unspecified atom stereocenters. The maximum atomic E-state index is 12.9. The fourth-order valence-corrected chi connectivity index (χ4v) is 1.91. The maximum Gasteiger partial charge on any atom is 0.418 e. The van der Waals surface area contributed by atoms with E-state index in [1.165, 1.54) is 6.07 Å². The summed E-state index contributed by atoms with van der Waals surface area (Å²) < 4.78 is 48.7. The number of benzene rings is 1. The molecule has 0 saturated carbocycles. The summed E-state index contributed by atoms with van der Waals surface area (Å²) in [5.74, 6) is 0. The van der Waals surface area contributed by atoms with Crippen LogP contribution in [0.3, 0.4) is 0 Å². The van der Waals surface area contributed by atoms with Crippen molar-refractivity contribution < 1.29 is 22.6 Å². The maximum absolute atomic E-state index is 12.9. The Kier molecular flexibility index (Phi) is 3.75. The second-order valence-electron chi connectivity index (χ2n) is 3.73. The standard InChI is InChI=1S/C11H10BrF3O2/c12-9-4-2-1-3-8(9)10(11(13,14)15)17-6-7-5-16-7/h1-4,7,10H,5-6H2/t7-,10-/m1/s1. The highest BCUT2D eigenvalue weighted by Crippen LogP contribution is 2.39. The lowest BCUT2D eigenvalue weighted by atomic mass is 10.1. The molecule has 1 saturated heterocycles. The van der Waals surface area contributed by atoms with Gasteiger partial charge in [-0.15, -0.1) is 0 Å². The van der Waals surface area contributed by atoms with E-state index in [9.17, 15) is 13.2 Å². The first-order valence-electron chi connectivity index (χ1n) is 5.03. The number of alkyl halides is 3. The Morgan fingerprint density at radius 1 is 1.41 bits per heavy atom. The molecule has 0 bridgehead atoms. The number of hydrogen-bond donors (Lipinski definition) is 0. The Morgan fingerprint density at radius 2 is 2.06 bits per heavy atom. The molecule has 0 N–H and O–H groups in total. The van der Waals surface area contributed by atoms with Gasteiger partial charge in [0.1, 0.15) is 6.10 Å². The van der Waals surface area contributed by atoms with Crippen molar-refractivity contribution in [2.75, 3.05) is 13.2 Å². The quantitative estimate of drug-likeness (QED) is 0.794. The normalized spacial score (nSPS) is 21.3. The van der Waals surface area contributed by atoms with Gasteiger partial charge in [0, 0.05) is 10.0 Å². The van der Waals surface area contributed by atoms with Crippen LogP contribution in [0.4, 0.5) is 13.2 Å². The van der Waals surface area contributed by atoms with Crippen LogP contribution in [-0.2, 0) is 9.47 Å². The minimum absolute atomic E-state index is 0.0362. The van der Waals surface area contributed by atoms with E-state index in [1.807, 2.05) is 0 Å². The van der Waals surface area contributed by atoms with E-state index in [4.69, 9.17) is 9.47 Å². The molecule has 2 nitrogen and oxygen atoms in total. The molecule has 2 atom stereocenters. The van der Waals surface area contributed by atoms with Gasteiger partial charge in [0.25, 0.3) is 0 Å². The summed E-state index contributed by atoms with van der Waals surface area (Å²) in [6.07, 6.45) is -6.54. The van der Waals surface area contributed by atoms with Gasteiger partial charge in [0.05, 0.1) is 13.2 Å². The number of halogens is 4. The molecule has 1 heterocycles. The summed E-state index contributed by atoms with van der Waals surface area (Å²) in [7, 11) is 0. The van der Waals surface area contributed by atoms with Crippen molar-refractivity contribution >= 4 is 15.9 Å². The van der Waals surface area contributed by atoms with Gasteiger partial charge in [-0.2, -0.15) is 13.2 Å². The summed E-state index contributed by atoms with van der Waals surface area (Å²) in [6, 6.07) is 6.17. The Hall–Kier alpha value is -0.590. The van der Waals surface area contributed by atoms with Gasteiger partial charge < -0.3 is 9.47 Å². The van der Waals surface area contributed by atoms with Crippen LogP contribution in [-0.4, -0.2) is 25.5 Å². The van der Waals surface area contributed by atoms with Crippen molar-refractivity contribution in [1.82, 2.24) is 0 Å².